The van der Waals surface area contributed by atoms with E-state index < -0.39 is 24.1 Å². The number of carbonyl (C=O) groups is 2. The van der Waals surface area contributed by atoms with Crippen molar-refractivity contribution in [2.75, 3.05) is 0 Å². The van der Waals surface area contributed by atoms with Gasteiger partial charge in [0.15, 0.2) is 23.4 Å². The van der Waals surface area contributed by atoms with Gasteiger partial charge in [-0.1, -0.05) is 0 Å². The first-order valence-electron chi connectivity index (χ1n) is 12.4. The van der Waals surface area contributed by atoms with E-state index in [0.29, 0.717) is 55.7 Å². The number of benzene rings is 4. The lowest BCUT2D eigenvalue weighted by Crippen LogP contribution is -2.32. The Bertz CT molecular complexity index is 1760. The number of hydrogen-bond acceptors (Lipinski definition) is 8. The molecule has 0 radical (unpaired) electrons. The number of carboxylic acid groups (broad SMARTS) is 1. The number of ether oxygens (including phenoxy) is 3. The van der Waals surface area contributed by atoms with E-state index >= 15 is 0 Å². The van der Waals surface area contributed by atoms with Gasteiger partial charge in [0, 0.05) is 0 Å². The SMILES string of the molecule is N[C@@H](Cc1cc(I)c(Oc2cc(I)c(OC(=O)C(O)c3cc(I)c(Oc4cc(I)c(O)c(I)c4)c(I)c3)c(I)c2)c(I)c1)C(=O)O. The van der Waals surface area contributed by atoms with Crippen molar-refractivity contribution in [3.63, 3.8) is 0 Å². The summed E-state index contributed by atoms with van der Waals surface area (Å²) in [5, 5.41) is 30.2. The second-order valence-corrected chi connectivity index (χ2v) is 18.6. The fraction of sp³-hybridized carbons (Fsp3) is 0.103. The maximum Gasteiger partial charge on any atom is 0.345 e. The van der Waals surface area contributed by atoms with Crippen LogP contribution in [0.2, 0.25) is 0 Å². The number of carboxylic acids is 1. The molecule has 4 rings (SSSR count). The first-order chi connectivity index (χ1) is 21.5. The molecule has 46 heavy (non-hydrogen) atoms. The quantitative estimate of drug-likeness (QED) is 0.0693. The topological polar surface area (TPSA) is 149 Å². The van der Waals surface area contributed by atoms with Crippen LogP contribution in [0.5, 0.6) is 34.5 Å². The summed E-state index contributed by atoms with van der Waals surface area (Å²) in [6.45, 7) is 0. The van der Waals surface area contributed by atoms with E-state index in [4.69, 9.17) is 25.1 Å². The summed E-state index contributed by atoms with van der Waals surface area (Å²) in [4.78, 5) is 24.3. The molecule has 0 bridgehead atoms. The largest absolute Gasteiger partial charge is 0.506 e. The average Bonchev–Trinajstić information content (AvgIpc) is 2.96. The van der Waals surface area contributed by atoms with Gasteiger partial charge in [0.25, 0.3) is 0 Å². The smallest absolute Gasteiger partial charge is 0.345 e. The van der Waals surface area contributed by atoms with Crippen molar-refractivity contribution in [1.82, 2.24) is 0 Å². The third-order valence-electron chi connectivity index (χ3n) is 6.00. The van der Waals surface area contributed by atoms with Crippen molar-refractivity contribution in [2.45, 2.75) is 18.6 Å². The summed E-state index contributed by atoms with van der Waals surface area (Å²) in [7, 11) is 0. The summed E-state index contributed by atoms with van der Waals surface area (Å²) >= 11 is 16.6. The molecular weight excluding hydrogens is 1510 g/mol. The Balaban J connectivity index is 1.49. The fourth-order valence-electron chi connectivity index (χ4n) is 3.83. The number of esters is 1. The third-order valence-corrected chi connectivity index (χ3v) is 12.4. The van der Waals surface area contributed by atoms with Gasteiger partial charge in [0.1, 0.15) is 23.3 Å². The summed E-state index contributed by atoms with van der Waals surface area (Å²) in [6, 6.07) is 12.9. The number of aliphatic hydroxyl groups is 1. The number of hydrogen-bond donors (Lipinski definition) is 4. The minimum atomic E-state index is -1.55. The Morgan fingerprint density at radius 2 is 1.04 bits per heavy atom. The van der Waals surface area contributed by atoms with Crippen molar-refractivity contribution in [3.8, 4) is 34.5 Å². The zero-order valence-corrected chi connectivity index (χ0v) is 39.7. The average molecular weight is 1520 g/mol. The van der Waals surface area contributed by atoms with Crippen LogP contribution >= 0.6 is 181 Å². The molecule has 5 N–H and O–H groups in total. The van der Waals surface area contributed by atoms with Crippen molar-refractivity contribution in [1.29, 1.82) is 0 Å². The number of halogens is 8. The Hall–Kier alpha value is 0.980. The van der Waals surface area contributed by atoms with E-state index in [2.05, 4.69) is 90.4 Å². The van der Waals surface area contributed by atoms with Gasteiger partial charge in [0.2, 0.25) is 0 Å². The van der Waals surface area contributed by atoms with E-state index in [1.165, 1.54) is 0 Å². The highest BCUT2D eigenvalue weighted by Crippen LogP contribution is 2.40. The van der Waals surface area contributed by atoms with Crippen LogP contribution < -0.4 is 19.9 Å². The summed E-state index contributed by atoms with van der Waals surface area (Å²) in [5.41, 5.74) is 6.84. The molecule has 0 amide bonds. The Morgan fingerprint density at radius 1 is 0.652 bits per heavy atom. The zero-order chi connectivity index (χ0) is 34.0. The van der Waals surface area contributed by atoms with E-state index in [9.17, 15) is 19.8 Å². The second-order valence-electron chi connectivity index (χ2n) is 9.33. The molecule has 4 aromatic carbocycles. The van der Waals surface area contributed by atoms with Crippen molar-refractivity contribution in [2.24, 2.45) is 5.73 Å². The van der Waals surface area contributed by atoms with Gasteiger partial charge in [0.05, 0.1) is 28.6 Å². The molecule has 0 spiro atoms. The minimum Gasteiger partial charge on any atom is -0.506 e. The molecule has 4 aromatic rings. The lowest BCUT2D eigenvalue weighted by molar-refractivity contribution is -0.144. The predicted molar refractivity (Wildman–Crippen MR) is 239 cm³/mol. The Kier molecular flexibility index (Phi) is 15.1. The molecule has 0 aliphatic heterocycles. The van der Waals surface area contributed by atoms with Crippen LogP contribution in [0.3, 0.4) is 0 Å². The molecule has 0 saturated heterocycles. The number of aromatic hydroxyl groups is 1. The number of aliphatic hydroxyl groups excluding tert-OH is 1. The number of rotatable bonds is 10. The van der Waals surface area contributed by atoms with Gasteiger partial charge >= 0.3 is 11.9 Å². The summed E-state index contributed by atoms with van der Waals surface area (Å²) in [6.07, 6.45) is -1.36. The molecule has 0 fully saturated rings. The Morgan fingerprint density at radius 3 is 1.48 bits per heavy atom. The molecule has 9 nitrogen and oxygen atoms in total. The zero-order valence-electron chi connectivity index (χ0n) is 22.5. The number of phenols is 1. The first kappa shape index (κ1) is 39.8. The maximum absolute atomic E-state index is 13.1. The second kappa shape index (κ2) is 17.5. The minimum absolute atomic E-state index is 0.193. The fourth-order valence-corrected chi connectivity index (χ4v) is 11.6. The van der Waals surface area contributed by atoms with Gasteiger partial charge in [-0.3, -0.25) is 4.79 Å². The molecule has 0 aliphatic rings. The monoisotopic (exact) mass is 1520 g/mol. The number of phenolic OH excluding ortho intramolecular Hbond substituents is 1. The predicted octanol–water partition coefficient (Wildman–Crippen LogP) is 9.41. The summed E-state index contributed by atoms with van der Waals surface area (Å²) in [5.74, 6) is 0.806. The van der Waals surface area contributed by atoms with Crippen LogP contribution in [0.1, 0.15) is 17.2 Å². The van der Waals surface area contributed by atoms with Crippen LogP contribution in [-0.2, 0) is 16.0 Å². The van der Waals surface area contributed by atoms with Gasteiger partial charge in [-0.2, -0.15) is 0 Å². The van der Waals surface area contributed by atoms with Gasteiger partial charge in [-0.05, 0) is 247 Å². The van der Waals surface area contributed by atoms with Gasteiger partial charge in [-0.25, -0.2) is 4.79 Å². The lowest BCUT2D eigenvalue weighted by atomic mass is 10.1. The normalized spacial score (nSPS) is 12.4. The first-order valence-corrected chi connectivity index (χ1v) is 21.1. The number of carbonyl (C=O) groups excluding carboxylic acids is 1. The molecule has 0 heterocycles. The Labute approximate surface area is 372 Å². The van der Waals surface area contributed by atoms with Gasteiger partial charge in [-0.15, -0.1) is 0 Å². The molecule has 0 aromatic heterocycles. The van der Waals surface area contributed by atoms with E-state index in [0.717, 1.165) is 12.7 Å². The maximum atomic E-state index is 13.1. The molecule has 17 heteroatoms. The molecule has 1 unspecified atom stereocenters. The van der Waals surface area contributed by atoms with E-state index in [1.54, 1.807) is 36.4 Å². The van der Waals surface area contributed by atoms with Crippen LogP contribution in [0.15, 0.2) is 48.5 Å². The van der Waals surface area contributed by atoms with E-state index in [-0.39, 0.29) is 12.2 Å². The molecular formula is C29H17I8NO8. The lowest BCUT2D eigenvalue weighted by Gasteiger charge is -2.17. The van der Waals surface area contributed by atoms with Crippen LogP contribution in [0.4, 0.5) is 0 Å². The molecule has 242 valence electrons. The van der Waals surface area contributed by atoms with Crippen molar-refractivity contribution in [3.05, 3.63) is 88.2 Å². The third kappa shape index (κ3) is 10.1. The van der Waals surface area contributed by atoms with Gasteiger partial charge < -0.3 is 35.3 Å². The highest BCUT2D eigenvalue weighted by molar-refractivity contribution is 14.1. The molecule has 0 aliphatic carbocycles. The van der Waals surface area contributed by atoms with Crippen LogP contribution in [0.25, 0.3) is 0 Å². The standard InChI is InChI=1S/C29H17I8NO8/c30-14-6-12(7-15(31)24(14)40)44-26-18(34)4-11(5-19(26)35)23(39)29(43)46-27-20(36)8-13(9-21(27)37)45-25-16(32)1-10(2-17(25)33)3-22(38)28(41)42/h1-2,4-9,22-23,39-40H,3,38H2,(H,41,42)/t22-,23?/m0/s1. The molecule has 2 atom stereocenters. The highest BCUT2D eigenvalue weighted by Gasteiger charge is 2.25. The van der Waals surface area contributed by atoms with E-state index in [1.807, 2.05) is 102 Å². The van der Waals surface area contributed by atoms with Crippen LogP contribution in [0, 0.1) is 28.6 Å². The highest BCUT2D eigenvalue weighted by atomic mass is 127. The number of aliphatic carboxylic acids is 1. The van der Waals surface area contributed by atoms with Crippen LogP contribution in [-0.4, -0.2) is 33.3 Å². The number of nitrogens with two attached hydrogens (primary N) is 1. The van der Waals surface area contributed by atoms with Crippen molar-refractivity contribution < 1.29 is 39.1 Å². The van der Waals surface area contributed by atoms with Crippen molar-refractivity contribution >= 4 is 193 Å². The summed E-state index contributed by atoms with van der Waals surface area (Å²) < 4.78 is 23.4. The molecule has 0 saturated carbocycles.